The molecule has 3 rings (SSSR count). The summed E-state index contributed by atoms with van der Waals surface area (Å²) < 4.78 is 3.66. The van der Waals surface area contributed by atoms with E-state index >= 15 is 0 Å². The number of aryl methyl sites for hydroxylation is 3. The van der Waals surface area contributed by atoms with Gasteiger partial charge in [-0.15, -0.1) is 0 Å². The van der Waals surface area contributed by atoms with E-state index in [1.165, 1.54) is 0 Å². The third-order valence-electron chi connectivity index (χ3n) is 4.03. The average Bonchev–Trinajstić information content (AvgIpc) is 3.24. The number of nitrogens with one attached hydrogen (secondary N) is 1. The van der Waals surface area contributed by atoms with Crippen molar-refractivity contribution in [1.82, 2.24) is 24.4 Å². The summed E-state index contributed by atoms with van der Waals surface area (Å²) in [6.45, 7) is 5.55. The van der Waals surface area contributed by atoms with Crippen molar-refractivity contribution in [3.05, 3.63) is 65.9 Å². The topological polar surface area (TPSA) is 77.1 Å². The number of carbonyl (C=O) groups is 1. The normalized spacial score (nSPS) is 11.4. The maximum absolute atomic E-state index is 12.3. The number of benzene rings is 1. The van der Waals surface area contributed by atoms with E-state index in [4.69, 9.17) is 0 Å². The van der Waals surface area contributed by atoms with Gasteiger partial charge < -0.3 is 14.5 Å². The minimum Gasteiger partial charge on any atom is -0.340 e. The predicted octanol–water partition coefficient (Wildman–Crippen LogP) is 2.56. The second kappa shape index (κ2) is 7.18. The van der Waals surface area contributed by atoms with Crippen molar-refractivity contribution in [2.45, 2.75) is 6.92 Å². The van der Waals surface area contributed by atoms with E-state index in [-0.39, 0.29) is 5.91 Å². The molecule has 26 heavy (non-hydrogen) atoms. The van der Waals surface area contributed by atoms with Crippen LogP contribution in [0, 0.1) is 6.92 Å². The van der Waals surface area contributed by atoms with Crippen LogP contribution in [0.4, 0.5) is 0 Å². The highest BCUT2D eigenvalue weighted by Crippen LogP contribution is 2.23. The number of aliphatic imine (C=N–C) groups is 1. The van der Waals surface area contributed by atoms with E-state index in [0.717, 1.165) is 22.4 Å². The molecule has 0 aliphatic rings. The van der Waals surface area contributed by atoms with Gasteiger partial charge in [-0.3, -0.25) is 4.79 Å². The first kappa shape index (κ1) is 17.3. The largest absolute Gasteiger partial charge is 0.340 e. The van der Waals surface area contributed by atoms with Crippen LogP contribution in [0.15, 0.2) is 54.1 Å². The van der Waals surface area contributed by atoms with Crippen LogP contribution in [0.25, 0.3) is 17.3 Å². The monoisotopic (exact) mass is 348 g/mol. The number of imidazole rings is 2. The van der Waals surface area contributed by atoms with Crippen molar-refractivity contribution >= 4 is 18.7 Å². The van der Waals surface area contributed by atoms with E-state index in [1.807, 2.05) is 42.9 Å². The molecule has 1 N–H and O–H groups in total. The summed E-state index contributed by atoms with van der Waals surface area (Å²) in [4.78, 5) is 24.4. The van der Waals surface area contributed by atoms with Gasteiger partial charge in [0.15, 0.2) is 0 Å². The predicted molar refractivity (Wildman–Crippen MR) is 102 cm³/mol. The first-order chi connectivity index (χ1) is 12.5. The number of rotatable bonds is 5. The number of carbonyl (C=O) groups excluding carboxylic acids is 1. The highest BCUT2D eigenvalue weighted by molar-refractivity contribution is 5.93. The SMILES string of the molecule is C=N/C(=C\c1cc(-c2cncn2C)ccc1C)NC(=O)c1cn(C)cn1. The molecule has 0 radical (unpaired) electrons. The molecule has 132 valence electrons. The summed E-state index contributed by atoms with van der Waals surface area (Å²) >= 11 is 0. The van der Waals surface area contributed by atoms with Crippen molar-refractivity contribution in [3.63, 3.8) is 0 Å². The molecule has 7 nitrogen and oxygen atoms in total. The van der Waals surface area contributed by atoms with Gasteiger partial charge in [-0.2, -0.15) is 0 Å². The maximum atomic E-state index is 12.3. The maximum Gasteiger partial charge on any atom is 0.276 e. The van der Waals surface area contributed by atoms with Crippen molar-refractivity contribution in [1.29, 1.82) is 0 Å². The second-order valence-corrected chi connectivity index (χ2v) is 6.03. The highest BCUT2D eigenvalue weighted by atomic mass is 16.2. The summed E-state index contributed by atoms with van der Waals surface area (Å²) in [6, 6.07) is 6.09. The van der Waals surface area contributed by atoms with Crippen molar-refractivity contribution in [2.75, 3.05) is 0 Å². The molecule has 1 aromatic carbocycles. The molecule has 2 heterocycles. The van der Waals surface area contributed by atoms with Crippen LogP contribution in [0.1, 0.15) is 21.6 Å². The van der Waals surface area contributed by atoms with Crippen LogP contribution in [0.5, 0.6) is 0 Å². The van der Waals surface area contributed by atoms with Crippen LogP contribution in [0.3, 0.4) is 0 Å². The lowest BCUT2D eigenvalue weighted by Crippen LogP contribution is -2.22. The Balaban J connectivity index is 1.90. The Kier molecular flexibility index (Phi) is 4.79. The smallest absolute Gasteiger partial charge is 0.276 e. The molecule has 0 saturated heterocycles. The van der Waals surface area contributed by atoms with E-state index in [0.29, 0.717) is 11.5 Å². The van der Waals surface area contributed by atoms with Crippen LogP contribution in [-0.4, -0.2) is 31.7 Å². The first-order valence-corrected chi connectivity index (χ1v) is 8.03. The number of aromatic nitrogens is 4. The average molecular weight is 348 g/mol. The van der Waals surface area contributed by atoms with Gasteiger partial charge in [-0.05, 0) is 36.9 Å². The Morgan fingerprint density at radius 2 is 2.12 bits per heavy atom. The molecule has 2 aromatic heterocycles. The van der Waals surface area contributed by atoms with Crippen LogP contribution >= 0.6 is 0 Å². The Morgan fingerprint density at radius 3 is 2.73 bits per heavy atom. The molecule has 0 saturated carbocycles. The molecule has 0 atom stereocenters. The third kappa shape index (κ3) is 3.61. The molecule has 0 bridgehead atoms. The zero-order valence-electron chi connectivity index (χ0n) is 15.0. The molecule has 0 spiro atoms. The fourth-order valence-corrected chi connectivity index (χ4v) is 2.57. The van der Waals surface area contributed by atoms with Gasteiger partial charge in [-0.1, -0.05) is 12.1 Å². The van der Waals surface area contributed by atoms with E-state index in [9.17, 15) is 4.79 Å². The fraction of sp³-hybridized carbons (Fsp3) is 0.158. The summed E-state index contributed by atoms with van der Waals surface area (Å²) in [5.74, 6) is 0.0376. The van der Waals surface area contributed by atoms with Crippen LogP contribution in [0.2, 0.25) is 0 Å². The first-order valence-electron chi connectivity index (χ1n) is 8.03. The lowest BCUT2D eigenvalue weighted by molar-refractivity contribution is 0.0961. The molecule has 1 amide bonds. The number of amides is 1. The van der Waals surface area contributed by atoms with Crippen molar-refractivity contribution in [3.8, 4) is 11.3 Å². The quantitative estimate of drug-likeness (QED) is 0.720. The Hall–Kier alpha value is -3.48. The number of hydrogen-bond donors (Lipinski definition) is 1. The van der Waals surface area contributed by atoms with Crippen molar-refractivity contribution < 1.29 is 4.79 Å². The molecular formula is C19H20N6O. The van der Waals surface area contributed by atoms with Crippen LogP contribution < -0.4 is 5.32 Å². The summed E-state index contributed by atoms with van der Waals surface area (Å²) in [7, 11) is 3.75. The zero-order valence-corrected chi connectivity index (χ0v) is 15.0. The Labute approximate surface area is 151 Å². The zero-order chi connectivity index (χ0) is 18.7. The van der Waals surface area contributed by atoms with Gasteiger partial charge in [0, 0.05) is 25.9 Å². The van der Waals surface area contributed by atoms with Gasteiger partial charge >= 0.3 is 0 Å². The minimum atomic E-state index is -0.329. The summed E-state index contributed by atoms with van der Waals surface area (Å²) in [5, 5.41) is 2.74. The highest BCUT2D eigenvalue weighted by Gasteiger charge is 2.11. The fourth-order valence-electron chi connectivity index (χ4n) is 2.57. The van der Waals surface area contributed by atoms with Gasteiger partial charge in [0.1, 0.15) is 11.5 Å². The van der Waals surface area contributed by atoms with E-state index < -0.39 is 0 Å². The Bertz CT molecular complexity index is 995. The third-order valence-corrected chi connectivity index (χ3v) is 4.03. The number of nitrogens with zero attached hydrogens (tertiary/aromatic N) is 5. The molecule has 0 fully saturated rings. The second-order valence-electron chi connectivity index (χ2n) is 6.03. The minimum absolute atomic E-state index is 0.322. The Morgan fingerprint density at radius 1 is 1.31 bits per heavy atom. The van der Waals surface area contributed by atoms with Crippen molar-refractivity contribution in [2.24, 2.45) is 19.1 Å². The summed E-state index contributed by atoms with van der Waals surface area (Å²) in [6.07, 6.45) is 8.58. The molecular weight excluding hydrogens is 328 g/mol. The lowest BCUT2D eigenvalue weighted by Gasteiger charge is -2.08. The van der Waals surface area contributed by atoms with Crippen LogP contribution in [-0.2, 0) is 14.1 Å². The summed E-state index contributed by atoms with van der Waals surface area (Å²) in [5.41, 5.74) is 4.35. The van der Waals surface area contributed by atoms with Gasteiger partial charge in [0.25, 0.3) is 5.91 Å². The molecule has 0 aliphatic heterocycles. The van der Waals surface area contributed by atoms with E-state index in [2.05, 4.69) is 27.0 Å². The van der Waals surface area contributed by atoms with Gasteiger partial charge in [0.05, 0.1) is 24.5 Å². The molecule has 7 heteroatoms. The van der Waals surface area contributed by atoms with Gasteiger partial charge in [-0.25, -0.2) is 15.0 Å². The van der Waals surface area contributed by atoms with E-state index in [1.54, 1.807) is 36.5 Å². The molecule has 0 unspecified atom stereocenters. The standard InChI is InChI=1S/C19H20N6O/c1-13-5-6-14(17-9-21-11-25(17)4)7-15(13)8-18(20-2)23-19(26)16-10-24(3)12-22-16/h5-12H,2H2,1,3-4H3,(H,23,26)/b18-8+. The lowest BCUT2D eigenvalue weighted by atomic mass is 10.0. The number of hydrogen-bond acceptors (Lipinski definition) is 4. The molecule has 3 aromatic rings. The molecule has 0 aliphatic carbocycles. The van der Waals surface area contributed by atoms with Gasteiger partial charge in [0.2, 0.25) is 0 Å².